The molecule has 1 atom stereocenters. The van der Waals surface area contributed by atoms with Crippen LogP contribution in [0.5, 0.6) is 0 Å². The zero-order chi connectivity index (χ0) is 15.4. The summed E-state index contributed by atoms with van der Waals surface area (Å²) in [6.07, 6.45) is 5.37. The van der Waals surface area contributed by atoms with Crippen molar-refractivity contribution in [2.75, 3.05) is 6.61 Å². The highest BCUT2D eigenvalue weighted by Gasteiger charge is 2.34. The minimum Gasteiger partial charge on any atom is -0.480 e. The molecule has 4 heteroatoms. The molecule has 1 saturated carbocycles. The van der Waals surface area contributed by atoms with Crippen molar-refractivity contribution in [2.24, 2.45) is 5.41 Å². The maximum Gasteiger partial charge on any atom is 0.323 e. The third-order valence-corrected chi connectivity index (χ3v) is 4.32. The van der Waals surface area contributed by atoms with Crippen LogP contribution in [0.3, 0.4) is 0 Å². The maximum absolute atomic E-state index is 11.4. The van der Waals surface area contributed by atoms with Gasteiger partial charge in [0.15, 0.2) is 0 Å². The van der Waals surface area contributed by atoms with Gasteiger partial charge in [-0.2, -0.15) is 0 Å². The van der Waals surface area contributed by atoms with Crippen LogP contribution in [0.25, 0.3) is 0 Å². The molecule has 1 rings (SSSR count). The molecule has 0 spiro atoms. The Morgan fingerprint density at radius 2 is 1.95 bits per heavy atom. The monoisotopic (exact) mass is 285 g/mol. The Kier molecular flexibility index (Phi) is 6.02. The number of carbonyl (C=O) groups is 1. The van der Waals surface area contributed by atoms with E-state index in [1.54, 1.807) is 6.92 Å². The minimum absolute atomic E-state index is 0.145. The van der Waals surface area contributed by atoms with Crippen molar-refractivity contribution in [3.63, 3.8) is 0 Å². The van der Waals surface area contributed by atoms with E-state index in [4.69, 9.17) is 4.74 Å². The lowest BCUT2D eigenvalue weighted by Gasteiger charge is -2.35. The summed E-state index contributed by atoms with van der Waals surface area (Å²) in [6, 6.07) is 0.145. The molecule has 0 heterocycles. The van der Waals surface area contributed by atoms with Crippen LogP contribution >= 0.6 is 0 Å². The van der Waals surface area contributed by atoms with Crippen LogP contribution < -0.4 is 5.32 Å². The lowest BCUT2D eigenvalue weighted by atomic mass is 9.76. The Balaban J connectivity index is 2.36. The topological polar surface area (TPSA) is 58.6 Å². The first kappa shape index (κ1) is 17.4. The molecular weight excluding hydrogens is 254 g/mol. The van der Waals surface area contributed by atoms with Crippen LogP contribution in [0, 0.1) is 5.41 Å². The Hall–Kier alpha value is -0.610. The van der Waals surface area contributed by atoms with E-state index >= 15 is 0 Å². The van der Waals surface area contributed by atoms with E-state index < -0.39 is 11.5 Å². The number of ether oxygens (including phenoxy) is 1. The van der Waals surface area contributed by atoms with E-state index in [2.05, 4.69) is 19.2 Å². The second kappa shape index (κ2) is 6.90. The standard InChI is InChI=1S/C16H31NO3/c1-12(2)17-16(5,14(18)19)10-11-20-13-6-8-15(3,4)9-7-13/h12-13,17H,6-11H2,1-5H3,(H,18,19). The lowest BCUT2D eigenvalue weighted by molar-refractivity contribution is -0.145. The van der Waals surface area contributed by atoms with Crippen molar-refractivity contribution in [1.82, 2.24) is 5.32 Å². The fourth-order valence-corrected chi connectivity index (χ4v) is 2.85. The largest absolute Gasteiger partial charge is 0.480 e. The fraction of sp³-hybridized carbons (Fsp3) is 0.938. The van der Waals surface area contributed by atoms with Crippen LogP contribution in [0.4, 0.5) is 0 Å². The molecule has 20 heavy (non-hydrogen) atoms. The molecular formula is C16H31NO3. The molecule has 0 radical (unpaired) electrons. The zero-order valence-electron chi connectivity index (χ0n) is 13.7. The number of nitrogens with one attached hydrogen (secondary N) is 1. The Morgan fingerprint density at radius 1 is 1.40 bits per heavy atom. The van der Waals surface area contributed by atoms with Gasteiger partial charge in [-0.1, -0.05) is 13.8 Å². The molecule has 0 aromatic heterocycles. The first-order chi connectivity index (χ1) is 9.15. The van der Waals surface area contributed by atoms with E-state index in [-0.39, 0.29) is 6.04 Å². The van der Waals surface area contributed by atoms with Crippen LogP contribution in [-0.2, 0) is 9.53 Å². The van der Waals surface area contributed by atoms with E-state index in [1.165, 1.54) is 12.8 Å². The molecule has 1 aliphatic rings. The van der Waals surface area contributed by atoms with Gasteiger partial charge in [0.25, 0.3) is 0 Å². The molecule has 1 aliphatic carbocycles. The highest BCUT2D eigenvalue weighted by Crippen LogP contribution is 2.36. The zero-order valence-corrected chi connectivity index (χ0v) is 13.7. The van der Waals surface area contributed by atoms with Crippen molar-refractivity contribution >= 4 is 5.97 Å². The second-order valence-electron chi connectivity index (χ2n) is 7.42. The van der Waals surface area contributed by atoms with Crippen molar-refractivity contribution in [2.45, 2.75) is 84.4 Å². The lowest BCUT2D eigenvalue weighted by Crippen LogP contribution is -2.53. The SMILES string of the molecule is CC(C)NC(C)(CCOC1CCC(C)(C)CC1)C(=O)O. The van der Waals surface area contributed by atoms with Gasteiger partial charge in [-0.25, -0.2) is 0 Å². The molecule has 4 nitrogen and oxygen atoms in total. The smallest absolute Gasteiger partial charge is 0.323 e. The van der Waals surface area contributed by atoms with Gasteiger partial charge >= 0.3 is 5.97 Å². The molecule has 0 aromatic carbocycles. The second-order valence-corrected chi connectivity index (χ2v) is 7.42. The molecule has 2 N–H and O–H groups in total. The van der Waals surface area contributed by atoms with Crippen molar-refractivity contribution in [3.8, 4) is 0 Å². The first-order valence-corrected chi connectivity index (χ1v) is 7.77. The average molecular weight is 285 g/mol. The molecule has 1 unspecified atom stereocenters. The van der Waals surface area contributed by atoms with E-state index in [1.807, 2.05) is 13.8 Å². The van der Waals surface area contributed by atoms with Gasteiger partial charge in [-0.3, -0.25) is 10.1 Å². The maximum atomic E-state index is 11.4. The van der Waals surface area contributed by atoms with Crippen LogP contribution in [-0.4, -0.2) is 35.4 Å². The summed E-state index contributed by atoms with van der Waals surface area (Å²) in [5.74, 6) is -0.806. The van der Waals surface area contributed by atoms with Gasteiger partial charge in [0.05, 0.1) is 6.10 Å². The van der Waals surface area contributed by atoms with Crippen LogP contribution in [0.1, 0.15) is 66.7 Å². The summed E-state index contributed by atoms with van der Waals surface area (Å²) in [6.45, 7) is 10.8. The van der Waals surface area contributed by atoms with Gasteiger partial charge < -0.3 is 9.84 Å². The predicted molar refractivity (Wildman–Crippen MR) is 80.9 cm³/mol. The first-order valence-electron chi connectivity index (χ1n) is 7.77. The Bertz CT molecular complexity index is 318. The van der Waals surface area contributed by atoms with E-state index in [9.17, 15) is 9.90 Å². The molecule has 0 aliphatic heterocycles. The summed E-state index contributed by atoms with van der Waals surface area (Å²) in [5, 5.41) is 12.5. The summed E-state index contributed by atoms with van der Waals surface area (Å²) < 4.78 is 5.90. The van der Waals surface area contributed by atoms with Crippen LogP contribution in [0.2, 0.25) is 0 Å². The molecule has 0 amide bonds. The van der Waals surface area contributed by atoms with Crippen molar-refractivity contribution in [3.05, 3.63) is 0 Å². The molecule has 118 valence electrons. The van der Waals surface area contributed by atoms with Gasteiger partial charge in [0.2, 0.25) is 0 Å². The average Bonchev–Trinajstić information content (AvgIpc) is 2.30. The third-order valence-electron chi connectivity index (χ3n) is 4.32. The molecule has 1 fully saturated rings. The van der Waals surface area contributed by atoms with Crippen molar-refractivity contribution < 1.29 is 14.6 Å². The summed E-state index contributed by atoms with van der Waals surface area (Å²) in [4.78, 5) is 11.4. The predicted octanol–water partition coefficient (Wildman–Crippen LogP) is 3.20. The minimum atomic E-state index is -0.901. The fourth-order valence-electron chi connectivity index (χ4n) is 2.85. The Morgan fingerprint density at radius 3 is 2.40 bits per heavy atom. The number of aliphatic carboxylic acids is 1. The van der Waals surface area contributed by atoms with Gasteiger partial charge in [0.1, 0.15) is 5.54 Å². The van der Waals surface area contributed by atoms with Crippen molar-refractivity contribution in [1.29, 1.82) is 0 Å². The molecule has 0 saturated heterocycles. The number of hydrogen-bond donors (Lipinski definition) is 2. The quantitative estimate of drug-likeness (QED) is 0.754. The highest BCUT2D eigenvalue weighted by atomic mass is 16.5. The summed E-state index contributed by atoms with van der Waals surface area (Å²) >= 11 is 0. The number of carboxylic acids is 1. The van der Waals surface area contributed by atoms with Gasteiger partial charge in [-0.05, 0) is 58.3 Å². The molecule has 0 aromatic rings. The third kappa shape index (κ3) is 5.41. The van der Waals surface area contributed by atoms with Gasteiger partial charge in [-0.15, -0.1) is 0 Å². The Labute approximate surface area is 123 Å². The normalized spacial score (nSPS) is 22.7. The molecule has 0 bridgehead atoms. The van der Waals surface area contributed by atoms with Gasteiger partial charge in [0, 0.05) is 12.6 Å². The van der Waals surface area contributed by atoms with E-state index in [0.717, 1.165) is 12.8 Å². The number of carboxylic acid groups (broad SMARTS) is 1. The van der Waals surface area contributed by atoms with Crippen LogP contribution in [0.15, 0.2) is 0 Å². The summed E-state index contributed by atoms with van der Waals surface area (Å²) in [5.41, 5.74) is -0.462. The summed E-state index contributed by atoms with van der Waals surface area (Å²) in [7, 11) is 0. The number of hydrogen-bond acceptors (Lipinski definition) is 3. The van der Waals surface area contributed by atoms with E-state index in [0.29, 0.717) is 24.5 Å². The highest BCUT2D eigenvalue weighted by molar-refractivity contribution is 5.78. The number of rotatable bonds is 7.